The summed E-state index contributed by atoms with van der Waals surface area (Å²) < 4.78 is 5.79. The third-order valence-electron chi connectivity index (χ3n) is 4.04. The van der Waals surface area contributed by atoms with Gasteiger partial charge in [-0.25, -0.2) is 14.8 Å². The van der Waals surface area contributed by atoms with Gasteiger partial charge in [0.05, 0.1) is 12.4 Å². The van der Waals surface area contributed by atoms with Crippen LogP contribution in [-0.2, 0) is 4.74 Å². The molecule has 5 heteroatoms. The fraction of sp³-hybridized carbons (Fsp3) is 0.722. The Hall–Kier alpha value is -1.16. The lowest BCUT2D eigenvalue weighted by Crippen LogP contribution is -2.32. The zero-order chi connectivity index (χ0) is 17.1. The van der Waals surface area contributed by atoms with E-state index < -0.39 is 11.6 Å². The third-order valence-corrected chi connectivity index (χ3v) is 4.23. The first-order valence-corrected chi connectivity index (χ1v) is 9.09. The lowest BCUT2D eigenvalue weighted by atomic mass is 9.92. The van der Waals surface area contributed by atoms with Gasteiger partial charge in [-0.05, 0) is 32.6 Å². The second-order valence-electron chi connectivity index (χ2n) is 6.33. The van der Waals surface area contributed by atoms with E-state index in [1.165, 1.54) is 38.1 Å². The molecule has 0 N–H and O–H groups in total. The molecule has 0 amide bonds. The van der Waals surface area contributed by atoms with Crippen LogP contribution in [0.25, 0.3) is 0 Å². The van der Waals surface area contributed by atoms with E-state index in [0.717, 1.165) is 32.1 Å². The van der Waals surface area contributed by atoms with Crippen molar-refractivity contribution >= 4 is 17.6 Å². The number of hydrogen-bond donors (Lipinski definition) is 0. The largest absolute Gasteiger partial charge is 0.455 e. The van der Waals surface area contributed by atoms with E-state index in [2.05, 4.69) is 23.8 Å². The summed E-state index contributed by atoms with van der Waals surface area (Å²) in [5.74, 6) is -0.415. The van der Waals surface area contributed by atoms with Crippen LogP contribution in [0.5, 0.6) is 0 Å². The van der Waals surface area contributed by atoms with E-state index in [1.807, 2.05) is 6.92 Å². The van der Waals surface area contributed by atoms with Crippen molar-refractivity contribution in [3.8, 4) is 0 Å². The van der Waals surface area contributed by atoms with Crippen molar-refractivity contribution in [2.75, 3.05) is 0 Å². The van der Waals surface area contributed by atoms with Crippen molar-refractivity contribution in [3.05, 3.63) is 23.2 Å². The number of hydrogen-bond acceptors (Lipinski definition) is 4. The Morgan fingerprint density at radius 3 is 2.30 bits per heavy atom. The molecule has 0 saturated carbocycles. The number of carbonyl (C=O) groups excluding carboxylic acids is 1. The summed E-state index contributed by atoms with van der Waals surface area (Å²) in [6.45, 7) is 6.39. The predicted octanol–water partition coefficient (Wildman–Crippen LogP) is 5.60. The summed E-state index contributed by atoms with van der Waals surface area (Å²) in [5, 5.41) is 0.270. The number of rotatable bonds is 11. The van der Waals surface area contributed by atoms with Crippen LogP contribution in [0.1, 0.15) is 89.0 Å². The van der Waals surface area contributed by atoms with E-state index in [1.54, 1.807) is 0 Å². The standard InChI is InChI=1S/C18H29ClN2O2/c1-4-6-8-9-10-12-18(3,11-7-5-2)23-17(22)15-13-21-16(19)14-20-15/h13-14H,4-12H2,1-3H3/t18-/m1/s1. The fourth-order valence-electron chi connectivity index (χ4n) is 2.57. The lowest BCUT2D eigenvalue weighted by Gasteiger charge is -2.29. The quantitative estimate of drug-likeness (QED) is 0.389. The Morgan fingerprint density at radius 2 is 1.70 bits per heavy atom. The Bertz CT molecular complexity index is 465. The molecule has 0 aliphatic rings. The molecule has 0 spiro atoms. The van der Waals surface area contributed by atoms with Gasteiger partial charge in [0.1, 0.15) is 10.8 Å². The zero-order valence-corrected chi connectivity index (χ0v) is 15.4. The highest BCUT2D eigenvalue weighted by atomic mass is 35.5. The summed E-state index contributed by atoms with van der Waals surface area (Å²) >= 11 is 5.70. The maximum Gasteiger partial charge on any atom is 0.359 e. The lowest BCUT2D eigenvalue weighted by molar-refractivity contribution is -0.0203. The number of halogens is 1. The second-order valence-corrected chi connectivity index (χ2v) is 6.72. The molecular weight excluding hydrogens is 312 g/mol. The summed E-state index contributed by atoms with van der Waals surface area (Å²) in [6, 6.07) is 0. The smallest absolute Gasteiger partial charge is 0.359 e. The summed E-state index contributed by atoms with van der Waals surface area (Å²) in [7, 11) is 0. The molecule has 0 aliphatic heterocycles. The van der Waals surface area contributed by atoms with Crippen LogP contribution in [0.2, 0.25) is 5.15 Å². The molecule has 0 unspecified atom stereocenters. The van der Waals surface area contributed by atoms with Gasteiger partial charge in [-0.3, -0.25) is 0 Å². The molecule has 1 aromatic rings. The predicted molar refractivity (Wildman–Crippen MR) is 93.8 cm³/mol. The van der Waals surface area contributed by atoms with Crippen LogP contribution >= 0.6 is 11.6 Å². The first-order chi connectivity index (χ1) is 11.0. The normalized spacial score (nSPS) is 13.6. The SMILES string of the molecule is CCCCCCC[C@@](C)(CCCC)OC(=O)c1cnc(Cl)cn1. The van der Waals surface area contributed by atoms with Crippen LogP contribution in [0, 0.1) is 0 Å². The Balaban J connectivity index is 2.60. The van der Waals surface area contributed by atoms with Crippen molar-refractivity contribution in [2.24, 2.45) is 0 Å². The van der Waals surface area contributed by atoms with E-state index >= 15 is 0 Å². The average molecular weight is 341 g/mol. The molecule has 0 bridgehead atoms. The van der Waals surface area contributed by atoms with E-state index in [9.17, 15) is 4.79 Å². The molecule has 4 nitrogen and oxygen atoms in total. The number of carbonyl (C=O) groups is 1. The highest BCUT2D eigenvalue weighted by Crippen LogP contribution is 2.27. The molecule has 23 heavy (non-hydrogen) atoms. The van der Waals surface area contributed by atoms with Gasteiger partial charge in [0, 0.05) is 0 Å². The maximum atomic E-state index is 12.3. The molecule has 130 valence electrons. The Labute approximate surface area is 145 Å². The number of unbranched alkanes of at least 4 members (excludes halogenated alkanes) is 5. The van der Waals surface area contributed by atoms with Gasteiger partial charge in [-0.15, -0.1) is 0 Å². The monoisotopic (exact) mass is 340 g/mol. The van der Waals surface area contributed by atoms with Gasteiger partial charge >= 0.3 is 5.97 Å². The Kier molecular flexibility index (Phi) is 9.15. The topological polar surface area (TPSA) is 52.1 Å². The number of ether oxygens (including phenoxy) is 1. The summed E-state index contributed by atoms with van der Waals surface area (Å²) in [4.78, 5) is 20.2. The van der Waals surface area contributed by atoms with Gasteiger partial charge in [-0.1, -0.05) is 57.6 Å². The third kappa shape index (κ3) is 7.78. The van der Waals surface area contributed by atoms with Crippen molar-refractivity contribution < 1.29 is 9.53 Å². The van der Waals surface area contributed by atoms with Gasteiger partial charge < -0.3 is 4.74 Å². The zero-order valence-electron chi connectivity index (χ0n) is 14.6. The molecule has 1 heterocycles. The average Bonchev–Trinajstić information content (AvgIpc) is 2.53. The van der Waals surface area contributed by atoms with E-state index in [4.69, 9.17) is 16.3 Å². The first-order valence-electron chi connectivity index (χ1n) is 8.71. The minimum absolute atomic E-state index is 0.211. The van der Waals surface area contributed by atoms with Gasteiger partial charge in [0.25, 0.3) is 0 Å². The van der Waals surface area contributed by atoms with Crippen molar-refractivity contribution in [1.29, 1.82) is 0 Å². The molecule has 1 aromatic heterocycles. The molecule has 0 radical (unpaired) electrons. The summed E-state index contributed by atoms with van der Waals surface area (Å²) in [5.41, 5.74) is -0.219. The number of esters is 1. The van der Waals surface area contributed by atoms with Gasteiger partial charge in [-0.2, -0.15) is 0 Å². The van der Waals surface area contributed by atoms with Gasteiger partial charge in [0.2, 0.25) is 0 Å². The molecule has 0 aliphatic carbocycles. The number of nitrogens with zero attached hydrogens (tertiary/aromatic N) is 2. The van der Waals surface area contributed by atoms with Crippen LogP contribution in [-0.4, -0.2) is 21.5 Å². The second kappa shape index (κ2) is 10.6. The molecule has 0 aromatic carbocycles. The molecule has 0 saturated heterocycles. The van der Waals surface area contributed by atoms with Crippen LogP contribution in [0.4, 0.5) is 0 Å². The fourth-order valence-corrected chi connectivity index (χ4v) is 2.67. The van der Waals surface area contributed by atoms with Crippen molar-refractivity contribution in [1.82, 2.24) is 9.97 Å². The molecule has 1 atom stereocenters. The summed E-state index contributed by atoms with van der Waals surface area (Å²) in [6.07, 6.45) is 12.7. The van der Waals surface area contributed by atoms with Crippen LogP contribution in [0.3, 0.4) is 0 Å². The number of aromatic nitrogens is 2. The van der Waals surface area contributed by atoms with E-state index in [-0.39, 0.29) is 10.8 Å². The minimum Gasteiger partial charge on any atom is -0.455 e. The van der Waals surface area contributed by atoms with Crippen LogP contribution in [0.15, 0.2) is 12.4 Å². The molecule has 1 rings (SSSR count). The van der Waals surface area contributed by atoms with Crippen molar-refractivity contribution in [3.63, 3.8) is 0 Å². The minimum atomic E-state index is -0.430. The Morgan fingerprint density at radius 1 is 1.04 bits per heavy atom. The van der Waals surface area contributed by atoms with Gasteiger partial charge in [0.15, 0.2) is 5.69 Å². The van der Waals surface area contributed by atoms with Crippen LogP contribution < -0.4 is 0 Å². The van der Waals surface area contributed by atoms with E-state index in [0.29, 0.717) is 0 Å². The molecule has 0 fully saturated rings. The molecular formula is C18H29ClN2O2. The highest BCUT2D eigenvalue weighted by molar-refractivity contribution is 6.29. The van der Waals surface area contributed by atoms with Crippen molar-refractivity contribution in [2.45, 2.75) is 84.2 Å². The highest BCUT2D eigenvalue weighted by Gasteiger charge is 2.29. The first kappa shape index (κ1) is 19.9. The maximum absolute atomic E-state index is 12.3.